The van der Waals surface area contributed by atoms with Crippen LogP contribution in [0.25, 0.3) is 0 Å². The largest absolute Gasteiger partial charge is 0.469 e. The Labute approximate surface area is 173 Å². The van der Waals surface area contributed by atoms with Crippen LogP contribution in [0, 0.1) is 11.8 Å². The van der Waals surface area contributed by atoms with E-state index in [0.29, 0.717) is 32.5 Å². The lowest BCUT2D eigenvalue weighted by Crippen LogP contribution is -2.45. The van der Waals surface area contributed by atoms with E-state index in [1.807, 2.05) is 6.92 Å². The molecule has 0 aromatic carbocycles. The summed E-state index contributed by atoms with van der Waals surface area (Å²) in [5, 5.41) is -0.0633. The number of nitrogens with zero attached hydrogens (tertiary/aromatic N) is 3. The van der Waals surface area contributed by atoms with Gasteiger partial charge in [0.05, 0.1) is 23.6 Å². The molecule has 0 spiro atoms. The van der Waals surface area contributed by atoms with Gasteiger partial charge in [-0.05, 0) is 25.8 Å². The van der Waals surface area contributed by atoms with Crippen molar-refractivity contribution in [1.82, 2.24) is 9.88 Å². The third-order valence-corrected chi connectivity index (χ3v) is 5.36. The molecule has 1 aliphatic rings. The SMILES string of the molecule is CCN(CC(C)C(=O)OC)C(=O)C1CCN(c2ncc(C(F)(F)F)cc2Cl)CC1. The number of ether oxygens (including phenoxy) is 1. The van der Waals surface area contributed by atoms with Crippen LogP contribution in [-0.4, -0.2) is 55.0 Å². The van der Waals surface area contributed by atoms with Crippen LogP contribution < -0.4 is 4.90 Å². The summed E-state index contributed by atoms with van der Waals surface area (Å²) in [4.78, 5) is 31.8. The maximum atomic E-state index is 12.8. The Bertz CT molecular complexity index is 737. The fourth-order valence-corrected chi connectivity index (χ4v) is 3.68. The highest BCUT2D eigenvalue weighted by atomic mass is 35.5. The van der Waals surface area contributed by atoms with Crippen LogP contribution in [0.1, 0.15) is 32.3 Å². The van der Waals surface area contributed by atoms with Gasteiger partial charge in [-0.2, -0.15) is 13.2 Å². The van der Waals surface area contributed by atoms with Gasteiger partial charge in [-0.25, -0.2) is 4.98 Å². The van der Waals surface area contributed by atoms with Gasteiger partial charge in [-0.15, -0.1) is 0 Å². The normalized spacial score (nSPS) is 16.4. The van der Waals surface area contributed by atoms with Gasteiger partial charge in [0.15, 0.2) is 0 Å². The number of amides is 1. The van der Waals surface area contributed by atoms with Gasteiger partial charge in [-0.1, -0.05) is 18.5 Å². The summed E-state index contributed by atoms with van der Waals surface area (Å²) in [5.74, 6) is -0.746. The number of pyridine rings is 1. The van der Waals surface area contributed by atoms with Gasteiger partial charge in [0.1, 0.15) is 5.82 Å². The van der Waals surface area contributed by atoms with Crippen molar-refractivity contribution in [2.24, 2.45) is 11.8 Å². The summed E-state index contributed by atoms with van der Waals surface area (Å²) in [6.07, 6.45) is -2.67. The second-order valence-corrected chi connectivity index (χ2v) is 7.50. The molecule has 0 saturated carbocycles. The molecule has 0 bridgehead atoms. The number of piperidine rings is 1. The molecule has 6 nitrogen and oxygen atoms in total. The highest BCUT2D eigenvalue weighted by Crippen LogP contribution is 2.34. The molecule has 10 heteroatoms. The molecule has 1 saturated heterocycles. The zero-order valence-electron chi connectivity index (χ0n) is 16.6. The number of aromatic nitrogens is 1. The van der Waals surface area contributed by atoms with E-state index >= 15 is 0 Å². The summed E-state index contributed by atoms with van der Waals surface area (Å²) in [6.45, 7) is 5.24. The minimum absolute atomic E-state index is 0.0330. The van der Waals surface area contributed by atoms with Gasteiger partial charge in [0.2, 0.25) is 5.91 Å². The minimum Gasteiger partial charge on any atom is -0.469 e. The molecular formula is C19H25ClF3N3O3. The number of methoxy groups -OCH3 is 1. The van der Waals surface area contributed by atoms with E-state index in [0.717, 1.165) is 12.3 Å². The number of carbonyl (C=O) groups is 2. The van der Waals surface area contributed by atoms with Crippen molar-refractivity contribution >= 4 is 29.3 Å². The predicted octanol–water partition coefficient (Wildman–Crippen LogP) is 3.63. The van der Waals surface area contributed by atoms with Crippen LogP contribution in [0.3, 0.4) is 0 Å². The Kier molecular flexibility index (Phi) is 7.73. The molecule has 2 heterocycles. The quantitative estimate of drug-likeness (QED) is 0.638. The number of carbonyl (C=O) groups excluding carboxylic acids is 2. The van der Waals surface area contributed by atoms with Crippen LogP contribution in [0.5, 0.6) is 0 Å². The van der Waals surface area contributed by atoms with E-state index in [9.17, 15) is 22.8 Å². The fourth-order valence-electron chi connectivity index (χ4n) is 3.40. The Morgan fingerprint density at radius 1 is 1.38 bits per heavy atom. The fraction of sp³-hybridized carbons (Fsp3) is 0.632. The molecule has 1 unspecified atom stereocenters. The van der Waals surface area contributed by atoms with Gasteiger partial charge in [0, 0.05) is 38.3 Å². The van der Waals surface area contributed by atoms with E-state index < -0.39 is 17.7 Å². The minimum atomic E-state index is -4.50. The first-order valence-corrected chi connectivity index (χ1v) is 9.80. The summed E-state index contributed by atoms with van der Waals surface area (Å²) >= 11 is 6.02. The highest BCUT2D eigenvalue weighted by Gasteiger charge is 2.33. The number of anilines is 1. The molecule has 1 aromatic rings. The number of rotatable bonds is 6. The van der Waals surface area contributed by atoms with E-state index in [1.54, 1.807) is 16.7 Å². The maximum absolute atomic E-state index is 12.8. The zero-order chi connectivity index (χ0) is 21.8. The first-order valence-electron chi connectivity index (χ1n) is 9.42. The van der Waals surface area contributed by atoms with E-state index in [2.05, 4.69) is 4.98 Å². The summed E-state index contributed by atoms with van der Waals surface area (Å²) < 4.78 is 43.0. The Morgan fingerprint density at radius 3 is 2.48 bits per heavy atom. The highest BCUT2D eigenvalue weighted by molar-refractivity contribution is 6.33. The molecule has 1 aromatic heterocycles. The van der Waals surface area contributed by atoms with Gasteiger partial charge in [0.25, 0.3) is 0 Å². The van der Waals surface area contributed by atoms with Crippen LogP contribution >= 0.6 is 11.6 Å². The average molecular weight is 436 g/mol. The first-order chi connectivity index (χ1) is 13.6. The van der Waals surface area contributed by atoms with E-state index in [1.165, 1.54) is 7.11 Å². The summed E-state index contributed by atoms with van der Waals surface area (Å²) in [5.41, 5.74) is -0.894. The number of hydrogen-bond donors (Lipinski definition) is 0. The van der Waals surface area contributed by atoms with Crippen molar-refractivity contribution in [2.45, 2.75) is 32.9 Å². The monoisotopic (exact) mass is 435 g/mol. The predicted molar refractivity (Wildman–Crippen MR) is 103 cm³/mol. The van der Waals surface area contributed by atoms with E-state index in [4.69, 9.17) is 16.3 Å². The lowest BCUT2D eigenvalue weighted by atomic mass is 9.94. The molecule has 0 aliphatic carbocycles. The standard InChI is InChI=1S/C19H25ClF3N3O3/c1-4-25(11-12(2)18(28)29-3)17(27)13-5-7-26(8-6-13)16-15(20)9-14(10-24-16)19(21,22)23/h9-10,12-13H,4-8,11H2,1-3H3. The lowest BCUT2D eigenvalue weighted by Gasteiger charge is -2.35. The number of halogens is 4. The molecule has 1 atom stereocenters. The number of esters is 1. The summed E-state index contributed by atoms with van der Waals surface area (Å²) in [6, 6.07) is 0.869. The molecule has 0 radical (unpaired) electrons. The van der Waals surface area contributed by atoms with Crippen molar-refractivity contribution in [3.05, 3.63) is 22.8 Å². The molecule has 2 rings (SSSR count). The second-order valence-electron chi connectivity index (χ2n) is 7.09. The topological polar surface area (TPSA) is 62.7 Å². The van der Waals surface area contributed by atoms with Crippen molar-refractivity contribution in [3.8, 4) is 0 Å². The van der Waals surface area contributed by atoms with Crippen LogP contribution in [0.2, 0.25) is 5.02 Å². The van der Waals surface area contributed by atoms with E-state index in [-0.39, 0.29) is 35.2 Å². The molecule has 29 heavy (non-hydrogen) atoms. The number of alkyl halides is 3. The van der Waals surface area contributed by atoms with Crippen molar-refractivity contribution in [1.29, 1.82) is 0 Å². The Hall–Kier alpha value is -2.03. The molecule has 1 amide bonds. The molecule has 162 valence electrons. The maximum Gasteiger partial charge on any atom is 0.417 e. The van der Waals surface area contributed by atoms with Gasteiger partial charge < -0.3 is 14.5 Å². The average Bonchev–Trinajstić information content (AvgIpc) is 2.70. The zero-order valence-corrected chi connectivity index (χ0v) is 17.4. The van der Waals surface area contributed by atoms with Crippen LogP contribution in [0.15, 0.2) is 12.3 Å². The van der Waals surface area contributed by atoms with Gasteiger partial charge >= 0.3 is 12.1 Å². The van der Waals surface area contributed by atoms with Gasteiger partial charge in [-0.3, -0.25) is 9.59 Å². The summed E-state index contributed by atoms with van der Waals surface area (Å²) in [7, 11) is 1.31. The third-order valence-electron chi connectivity index (χ3n) is 5.08. The lowest BCUT2D eigenvalue weighted by molar-refractivity contribution is -0.147. The second kappa shape index (κ2) is 9.65. The Morgan fingerprint density at radius 2 is 2.00 bits per heavy atom. The molecular weight excluding hydrogens is 411 g/mol. The Balaban J connectivity index is 1.99. The molecule has 1 aliphatic heterocycles. The van der Waals surface area contributed by atoms with Crippen molar-refractivity contribution < 1.29 is 27.5 Å². The van der Waals surface area contributed by atoms with Crippen LogP contribution in [-0.2, 0) is 20.5 Å². The first kappa shape index (κ1) is 23.3. The molecule has 1 fully saturated rings. The number of hydrogen-bond acceptors (Lipinski definition) is 5. The van der Waals surface area contributed by atoms with Crippen LogP contribution in [0.4, 0.5) is 19.0 Å². The third kappa shape index (κ3) is 5.74. The molecule has 0 N–H and O–H groups in total. The smallest absolute Gasteiger partial charge is 0.417 e. The van der Waals surface area contributed by atoms with Crippen molar-refractivity contribution in [2.75, 3.05) is 38.2 Å². The van der Waals surface area contributed by atoms with Crippen molar-refractivity contribution in [3.63, 3.8) is 0 Å².